The second-order valence-corrected chi connectivity index (χ2v) is 6.43. The number of furan rings is 1. The number of rotatable bonds is 5. The van der Waals surface area contributed by atoms with Crippen LogP contribution in [0.5, 0.6) is 0 Å². The van der Waals surface area contributed by atoms with Gasteiger partial charge in [0.1, 0.15) is 5.76 Å². The molecular weight excluding hydrogens is 320 g/mol. The summed E-state index contributed by atoms with van der Waals surface area (Å²) in [6.45, 7) is 3.53. The quantitative estimate of drug-likeness (QED) is 0.754. The van der Waals surface area contributed by atoms with Crippen molar-refractivity contribution in [1.29, 1.82) is 0 Å². The second kappa shape index (κ2) is 7.02. The van der Waals surface area contributed by atoms with Crippen LogP contribution >= 0.6 is 0 Å². The zero-order valence-corrected chi connectivity index (χ0v) is 13.8. The van der Waals surface area contributed by atoms with Crippen molar-refractivity contribution in [2.24, 2.45) is 5.92 Å². The third kappa shape index (κ3) is 3.69. The lowest BCUT2D eigenvalue weighted by molar-refractivity contribution is 0.0927. The Hall–Kier alpha value is -2.74. The number of fused-ring (bicyclic) bond motifs is 1. The van der Waals surface area contributed by atoms with Crippen molar-refractivity contribution in [2.75, 3.05) is 19.6 Å². The predicted octanol–water partition coefficient (Wildman–Crippen LogP) is 1.36. The van der Waals surface area contributed by atoms with Gasteiger partial charge in [-0.25, -0.2) is 0 Å². The molecule has 130 valence electrons. The van der Waals surface area contributed by atoms with Gasteiger partial charge in [0, 0.05) is 19.3 Å². The van der Waals surface area contributed by atoms with Gasteiger partial charge in [-0.2, -0.15) is 4.52 Å². The van der Waals surface area contributed by atoms with Crippen molar-refractivity contribution >= 4 is 11.6 Å². The Morgan fingerprint density at radius 2 is 2.32 bits per heavy atom. The van der Waals surface area contributed by atoms with Crippen molar-refractivity contribution in [2.45, 2.75) is 19.4 Å². The van der Waals surface area contributed by atoms with Crippen molar-refractivity contribution in [3.8, 4) is 0 Å². The number of piperidine rings is 1. The fourth-order valence-electron chi connectivity index (χ4n) is 3.30. The van der Waals surface area contributed by atoms with Crippen LogP contribution in [0.1, 0.15) is 29.0 Å². The monoisotopic (exact) mass is 340 g/mol. The normalized spacial score (nSPS) is 18.5. The molecule has 0 spiro atoms. The molecule has 0 radical (unpaired) electrons. The van der Waals surface area contributed by atoms with E-state index in [0.717, 1.165) is 38.2 Å². The van der Waals surface area contributed by atoms with Crippen LogP contribution in [-0.2, 0) is 6.54 Å². The van der Waals surface area contributed by atoms with E-state index in [1.54, 1.807) is 24.6 Å². The number of tetrazole rings is 1. The van der Waals surface area contributed by atoms with Crippen molar-refractivity contribution in [3.05, 3.63) is 48.0 Å². The van der Waals surface area contributed by atoms with Crippen LogP contribution in [0.4, 0.5) is 0 Å². The first kappa shape index (κ1) is 15.8. The van der Waals surface area contributed by atoms with Crippen LogP contribution in [0, 0.1) is 5.92 Å². The molecule has 8 heteroatoms. The van der Waals surface area contributed by atoms with Gasteiger partial charge in [-0.3, -0.25) is 9.69 Å². The smallest absolute Gasteiger partial charge is 0.252 e. The molecule has 0 aromatic carbocycles. The Balaban J connectivity index is 1.31. The predicted molar refractivity (Wildman–Crippen MR) is 89.8 cm³/mol. The lowest BCUT2D eigenvalue weighted by atomic mass is 9.98. The van der Waals surface area contributed by atoms with E-state index in [0.29, 0.717) is 23.7 Å². The second-order valence-electron chi connectivity index (χ2n) is 6.43. The third-order valence-corrected chi connectivity index (χ3v) is 4.57. The summed E-state index contributed by atoms with van der Waals surface area (Å²) in [5.41, 5.74) is 1.18. The van der Waals surface area contributed by atoms with E-state index in [2.05, 4.69) is 25.7 Å². The van der Waals surface area contributed by atoms with Crippen LogP contribution in [0.25, 0.3) is 5.65 Å². The molecule has 1 fully saturated rings. The first-order valence-electron chi connectivity index (χ1n) is 8.48. The highest BCUT2D eigenvalue weighted by atomic mass is 16.3. The van der Waals surface area contributed by atoms with E-state index in [-0.39, 0.29) is 5.91 Å². The Morgan fingerprint density at radius 3 is 3.20 bits per heavy atom. The molecule has 1 atom stereocenters. The number of hydrogen-bond donors (Lipinski definition) is 1. The topological polar surface area (TPSA) is 88.6 Å². The number of nitrogens with one attached hydrogen (secondary N) is 1. The number of carbonyl (C=O) groups excluding carboxylic acids is 1. The van der Waals surface area contributed by atoms with Gasteiger partial charge in [-0.1, -0.05) is 0 Å². The minimum absolute atomic E-state index is 0.0967. The highest BCUT2D eigenvalue weighted by molar-refractivity contribution is 5.94. The zero-order chi connectivity index (χ0) is 17.1. The molecule has 1 N–H and O–H groups in total. The molecular formula is C17H20N6O2. The average molecular weight is 340 g/mol. The van der Waals surface area contributed by atoms with Gasteiger partial charge in [-0.05, 0) is 60.0 Å². The first-order valence-corrected chi connectivity index (χ1v) is 8.48. The summed E-state index contributed by atoms with van der Waals surface area (Å²) < 4.78 is 6.93. The summed E-state index contributed by atoms with van der Waals surface area (Å²) in [4.78, 5) is 14.8. The molecule has 8 nitrogen and oxygen atoms in total. The van der Waals surface area contributed by atoms with Gasteiger partial charge >= 0.3 is 0 Å². The molecule has 3 aromatic rings. The van der Waals surface area contributed by atoms with Gasteiger partial charge in [0.2, 0.25) is 0 Å². The molecule has 0 bridgehead atoms. The largest absolute Gasteiger partial charge is 0.468 e. The lowest BCUT2D eigenvalue weighted by Gasteiger charge is -2.32. The molecule has 4 rings (SSSR count). The highest BCUT2D eigenvalue weighted by Gasteiger charge is 2.21. The highest BCUT2D eigenvalue weighted by Crippen LogP contribution is 2.18. The van der Waals surface area contributed by atoms with Crippen molar-refractivity contribution in [3.63, 3.8) is 0 Å². The molecule has 3 aromatic heterocycles. The molecule has 0 saturated carbocycles. The number of pyridine rings is 1. The van der Waals surface area contributed by atoms with Crippen LogP contribution in [0.3, 0.4) is 0 Å². The van der Waals surface area contributed by atoms with Gasteiger partial charge in [0.15, 0.2) is 5.65 Å². The molecule has 1 amide bonds. The number of hydrogen-bond acceptors (Lipinski definition) is 6. The summed E-state index contributed by atoms with van der Waals surface area (Å²) in [5, 5.41) is 14.3. The number of carbonyl (C=O) groups is 1. The fourth-order valence-corrected chi connectivity index (χ4v) is 3.30. The molecule has 1 unspecified atom stereocenters. The number of aromatic nitrogens is 4. The minimum atomic E-state index is -0.0967. The van der Waals surface area contributed by atoms with Crippen molar-refractivity contribution < 1.29 is 9.21 Å². The number of nitrogens with zero attached hydrogens (tertiary/aromatic N) is 5. The maximum absolute atomic E-state index is 12.4. The standard InChI is InChI=1S/C17H20N6O2/c24-17(14-5-6-16-19-20-21-23(16)11-14)18-9-13-3-1-7-22(10-13)12-15-4-2-8-25-15/h2,4-6,8,11,13H,1,3,7,9-10,12H2,(H,18,24). The maximum atomic E-state index is 12.4. The zero-order valence-electron chi connectivity index (χ0n) is 13.8. The van der Waals surface area contributed by atoms with E-state index in [4.69, 9.17) is 4.42 Å². The van der Waals surface area contributed by atoms with Crippen LogP contribution in [0.15, 0.2) is 41.1 Å². The van der Waals surface area contributed by atoms with Crippen molar-refractivity contribution in [1.82, 2.24) is 30.3 Å². The first-order chi connectivity index (χ1) is 12.3. The molecule has 0 aliphatic carbocycles. The van der Waals surface area contributed by atoms with E-state index in [9.17, 15) is 4.79 Å². The Bertz CT molecular complexity index is 844. The summed E-state index contributed by atoms with van der Waals surface area (Å²) in [6, 6.07) is 7.39. The maximum Gasteiger partial charge on any atom is 0.252 e. The molecule has 1 saturated heterocycles. The molecule has 1 aliphatic rings. The lowest BCUT2D eigenvalue weighted by Crippen LogP contribution is -2.40. The van der Waals surface area contributed by atoms with Gasteiger partial charge < -0.3 is 9.73 Å². The number of amides is 1. The number of likely N-dealkylation sites (tertiary alicyclic amines) is 1. The summed E-state index contributed by atoms with van der Waals surface area (Å²) in [5.74, 6) is 1.34. The van der Waals surface area contributed by atoms with Gasteiger partial charge in [-0.15, -0.1) is 5.10 Å². The SMILES string of the molecule is O=C(NCC1CCCN(Cc2ccco2)C1)c1ccc2nnnn2c1. The average Bonchev–Trinajstić information content (AvgIpc) is 3.30. The molecule has 25 heavy (non-hydrogen) atoms. The van der Waals surface area contributed by atoms with E-state index < -0.39 is 0 Å². The van der Waals surface area contributed by atoms with E-state index in [1.165, 1.54) is 4.52 Å². The van der Waals surface area contributed by atoms with Crippen LogP contribution < -0.4 is 5.32 Å². The Morgan fingerprint density at radius 1 is 1.36 bits per heavy atom. The van der Waals surface area contributed by atoms with E-state index >= 15 is 0 Å². The van der Waals surface area contributed by atoms with Crippen LogP contribution in [0.2, 0.25) is 0 Å². The summed E-state index contributed by atoms with van der Waals surface area (Å²) in [7, 11) is 0. The molecule has 1 aliphatic heterocycles. The van der Waals surface area contributed by atoms with Gasteiger partial charge in [0.25, 0.3) is 5.91 Å². The van der Waals surface area contributed by atoms with Gasteiger partial charge in [0.05, 0.1) is 18.4 Å². The third-order valence-electron chi connectivity index (χ3n) is 4.57. The Kier molecular flexibility index (Phi) is 4.43. The van der Waals surface area contributed by atoms with E-state index in [1.807, 2.05) is 12.1 Å². The van der Waals surface area contributed by atoms with Crippen LogP contribution in [-0.4, -0.2) is 50.5 Å². The minimum Gasteiger partial charge on any atom is -0.468 e. The fraction of sp³-hybridized carbons (Fsp3) is 0.412. The molecule has 4 heterocycles. The summed E-state index contributed by atoms with van der Waals surface area (Å²) >= 11 is 0. The summed E-state index contributed by atoms with van der Waals surface area (Å²) in [6.07, 6.45) is 5.62. The Labute approximate surface area is 144 Å².